The zero-order valence-electron chi connectivity index (χ0n) is 9.86. The van der Waals surface area contributed by atoms with Crippen LogP contribution in [0.1, 0.15) is 29.5 Å². The first-order valence-electron chi connectivity index (χ1n) is 5.24. The third-order valence-corrected chi connectivity index (χ3v) is 3.73. The highest BCUT2D eigenvalue weighted by molar-refractivity contribution is 9.10. The molecule has 0 aliphatic rings. The van der Waals surface area contributed by atoms with E-state index in [1.807, 2.05) is 19.9 Å². The van der Waals surface area contributed by atoms with Crippen LogP contribution in [0.2, 0.25) is 0 Å². The highest BCUT2D eigenvalue weighted by Gasteiger charge is 2.10. The van der Waals surface area contributed by atoms with Crippen molar-refractivity contribution in [1.29, 1.82) is 0 Å². The number of thiazole rings is 1. The molecule has 0 saturated carbocycles. The number of halogens is 1. The molecule has 0 fully saturated rings. The van der Waals surface area contributed by atoms with Crippen molar-refractivity contribution in [2.24, 2.45) is 0 Å². The Morgan fingerprint density at radius 2 is 2.06 bits per heavy atom. The Kier molecular flexibility index (Phi) is 3.73. The van der Waals surface area contributed by atoms with E-state index in [4.69, 9.17) is 0 Å². The fraction of sp³-hybridized carbons (Fsp3) is 0.364. The van der Waals surface area contributed by atoms with E-state index in [2.05, 4.69) is 48.5 Å². The lowest BCUT2D eigenvalue weighted by Gasteiger charge is -2.12. The van der Waals surface area contributed by atoms with E-state index in [-0.39, 0.29) is 6.04 Å². The summed E-state index contributed by atoms with van der Waals surface area (Å²) in [6.45, 7) is 5.94. The smallest absolute Gasteiger partial charge is 0.131 e. The number of nitrogens with zero attached hydrogens (tertiary/aromatic N) is 3. The van der Waals surface area contributed by atoms with Gasteiger partial charge < -0.3 is 5.32 Å². The Morgan fingerprint density at radius 1 is 1.29 bits per heavy atom. The molecule has 1 unspecified atom stereocenters. The van der Waals surface area contributed by atoms with E-state index in [1.54, 1.807) is 11.3 Å². The molecule has 0 aliphatic carbocycles. The first-order chi connectivity index (χ1) is 8.04. The average molecular weight is 313 g/mol. The second-order valence-corrected chi connectivity index (χ2v) is 5.52. The van der Waals surface area contributed by atoms with Gasteiger partial charge in [-0.1, -0.05) is 0 Å². The minimum absolute atomic E-state index is 0.148. The zero-order chi connectivity index (χ0) is 12.4. The molecule has 2 aromatic heterocycles. The van der Waals surface area contributed by atoms with Crippen molar-refractivity contribution in [2.75, 3.05) is 5.32 Å². The summed E-state index contributed by atoms with van der Waals surface area (Å²) in [7, 11) is 0. The Morgan fingerprint density at radius 3 is 2.65 bits per heavy atom. The molecule has 0 radical (unpaired) electrons. The van der Waals surface area contributed by atoms with E-state index in [1.165, 1.54) is 0 Å². The number of rotatable bonds is 3. The molecule has 0 saturated heterocycles. The average Bonchev–Trinajstić information content (AvgIpc) is 2.63. The lowest BCUT2D eigenvalue weighted by atomic mass is 10.3. The highest BCUT2D eigenvalue weighted by atomic mass is 79.9. The predicted octanol–water partition coefficient (Wildman–Crippen LogP) is 3.49. The van der Waals surface area contributed by atoms with Crippen molar-refractivity contribution in [1.82, 2.24) is 15.0 Å². The lowest BCUT2D eigenvalue weighted by molar-refractivity contribution is 0.848. The van der Waals surface area contributed by atoms with Crippen LogP contribution in [0.5, 0.6) is 0 Å². The minimum Gasteiger partial charge on any atom is -0.361 e. The molecule has 0 aromatic carbocycles. The molecule has 0 bridgehead atoms. The summed E-state index contributed by atoms with van der Waals surface area (Å²) in [6, 6.07) is 2.01. The fourth-order valence-corrected chi connectivity index (χ4v) is 2.74. The van der Waals surface area contributed by atoms with Gasteiger partial charge in [-0.3, -0.25) is 0 Å². The van der Waals surface area contributed by atoms with Gasteiger partial charge in [-0.05, 0) is 36.7 Å². The molecular formula is C11H13BrN4S. The molecule has 17 heavy (non-hydrogen) atoms. The summed E-state index contributed by atoms with van der Waals surface area (Å²) >= 11 is 5.02. The van der Waals surface area contributed by atoms with Crippen LogP contribution < -0.4 is 5.32 Å². The Balaban J connectivity index is 2.15. The van der Waals surface area contributed by atoms with Gasteiger partial charge in [0, 0.05) is 17.1 Å². The molecule has 6 heteroatoms. The van der Waals surface area contributed by atoms with Crippen LogP contribution in [0.25, 0.3) is 0 Å². The van der Waals surface area contributed by atoms with E-state index < -0.39 is 0 Å². The van der Waals surface area contributed by atoms with Crippen molar-refractivity contribution < 1.29 is 0 Å². The molecule has 0 spiro atoms. The summed E-state index contributed by atoms with van der Waals surface area (Å²) in [6.07, 6.45) is 0. The fourth-order valence-electron chi connectivity index (χ4n) is 1.46. The second-order valence-electron chi connectivity index (χ2n) is 3.82. The molecule has 2 aromatic rings. The second kappa shape index (κ2) is 5.10. The van der Waals surface area contributed by atoms with Crippen molar-refractivity contribution in [3.63, 3.8) is 0 Å². The first kappa shape index (κ1) is 12.4. The quantitative estimate of drug-likeness (QED) is 0.881. The monoisotopic (exact) mass is 312 g/mol. The van der Waals surface area contributed by atoms with Gasteiger partial charge in [0.05, 0.1) is 6.04 Å². The summed E-state index contributed by atoms with van der Waals surface area (Å²) in [4.78, 5) is 13.0. The maximum atomic E-state index is 4.45. The molecule has 1 N–H and O–H groups in total. The summed E-state index contributed by atoms with van der Waals surface area (Å²) in [5.41, 5.74) is 1.05. The van der Waals surface area contributed by atoms with E-state index >= 15 is 0 Å². The van der Waals surface area contributed by atoms with Crippen LogP contribution in [-0.4, -0.2) is 15.0 Å². The van der Waals surface area contributed by atoms with Crippen LogP contribution in [-0.2, 0) is 0 Å². The number of aryl methyl sites for hydroxylation is 2. The third kappa shape index (κ3) is 3.23. The number of hydrogen-bond donors (Lipinski definition) is 1. The van der Waals surface area contributed by atoms with E-state index in [9.17, 15) is 0 Å². The van der Waals surface area contributed by atoms with Gasteiger partial charge in [-0.25, -0.2) is 15.0 Å². The van der Waals surface area contributed by atoms with E-state index in [0.29, 0.717) is 0 Å². The zero-order valence-corrected chi connectivity index (χ0v) is 12.3. The predicted molar refractivity (Wildman–Crippen MR) is 73.4 cm³/mol. The van der Waals surface area contributed by atoms with Crippen LogP contribution in [0.3, 0.4) is 0 Å². The molecule has 2 heterocycles. The van der Waals surface area contributed by atoms with Crippen LogP contribution >= 0.6 is 27.3 Å². The highest BCUT2D eigenvalue weighted by Crippen LogP contribution is 2.22. The van der Waals surface area contributed by atoms with Crippen molar-refractivity contribution >= 4 is 33.1 Å². The normalized spacial score (nSPS) is 12.5. The molecule has 0 aliphatic heterocycles. The molecule has 4 nitrogen and oxygen atoms in total. The lowest BCUT2D eigenvalue weighted by Crippen LogP contribution is -2.08. The summed E-state index contributed by atoms with van der Waals surface area (Å²) < 4.78 is 0.787. The molecule has 90 valence electrons. The van der Waals surface area contributed by atoms with Crippen LogP contribution in [0.4, 0.5) is 5.82 Å². The van der Waals surface area contributed by atoms with Crippen molar-refractivity contribution in [3.05, 3.63) is 32.6 Å². The minimum atomic E-state index is 0.148. The SMILES string of the molecule is Cc1csc(C(C)Nc2cc(Br)nc(C)n2)n1. The van der Waals surface area contributed by atoms with Gasteiger partial charge in [-0.2, -0.15) is 0 Å². The van der Waals surface area contributed by atoms with Gasteiger partial charge in [0.25, 0.3) is 0 Å². The van der Waals surface area contributed by atoms with Gasteiger partial charge in [-0.15, -0.1) is 11.3 Å². The van der Waals surface area contributed by atoms with Crippen molar-refractivity contribution in [2.45, 2.75) is 26.8 Å². The van der Waals surface area contributed by atoms with Crippen LogP contribution in [0.15, 0.2) is 16.0 Å². The maximum Gasteiger partial charge on any atom is 0.131 e. The Bertz CT molecular complexity index is 506. The standard InChI is InChI=1S/C11H13BrN4S/c1-6-5-17-11(13-6)7(2)14-10-4-9(12)15-8(3)16-10/h4-5,7H,1-3H3,(H,14,15,16). The third-order valence-electron chi connectivity index (χ3n) is 2.18. The van der Waals surface area contributed by atoms with Crippen molar-refractivity contribution in [3.8, 4) is 0 Å². The topological polar surface area (TPSA) is 50.7 Å². The Hall–Kier alpha value is -1.01. The number of hydrogen-bond acceptors (Lipinski definition) is 5. The number of nitrogens with one attached hydrogen (secondary N) is 1. The summed E-state index contributed by atoms with van der Waals surface area (Å²) in [5, 5.41) is 6.43. The number of anilines is 1. The van der Waals surface area contributed by atoms with Crippen LogP contribution in [0, 0.1) is 13.8 Å². The van der Waals surface area contributed by atoms with Gasteiger partial charge in [0.1, 0.15) is 21.3 Å². The summed E-state index contributed by atoms with van der Waals surface area (Å²) in [5.74, 6) is 1.55. The first-order valence-corrected chi connectivity index (χ1v) is 6.91. The molecule has 0 amide bonds. The molecular weight excluding hydrogens is 300 g/mol. The van der Waals surface area contributed by atoms with E-state index in [0.717, 1.165) is 26.9 Å². The van der Waals surface area contributed by atoms with Gasteiger partial charge in [0.15, 0.2) is 0 Å². The molecule has 1 atom stereocenters. The van der Waals surface area contributed by atoms with Gasteiger partial charge >= 0.3 is 0 Å². The molecule has 2 rings (SSSR count). The largest absolute Gasteiger partial charge is 0.361 e. The Labute approximate surface area is 113 Å². The van der Waals surface area contributed by atoms with Gasteiger partial charge in [0.2, 0.25) is 0 Å². The number of aromatic nitrogens is 3. The maximum absolute atomic E-state index is 4.45.